The number of hydrogen-bond acceptors (Lipinski definition) is 4. The van der Waals surface area contributed by atoms with Gasteiger partial charge in [-0.2, -0.15) is 0 Å². The summed E-state index contributed by atoms with van der Waals surface area (Å²) in [6.45, 7) is 9.16. The minimum Gasteiger partial charge on any atom is -0.352 e. The Kier molecular flexibility index (Phi) is 11.4. The second-order valence-corrected chi connectivity index (χ2v) is 12.6. The van der Waals surface area contributed by atoms with Crippen LogP contribution in [0.2, 0.25) is 5.02 Å². The smallest absolute Gasteiger partial charge is 0.264 e. The summed E-state index contributed by atoms with van der Waals surface area (Å²) in [6.07, 6.45) is 1.64. The molecule has 0 saturated carbocycles. The van der Waals surface area contributed by atoms with Gasteiger partial charge in [-0.3, -0.25) is 13.9 Å². The van der Waals surface area contributed by atoms with Crippen molar-refractivity contribution in [3.8, 4) is 0 Å². The number of carbonyl (C=O) groups is 2. The first-order chi connectivity index (χ1) is 19.5. The van der Waals surface area contributed by atoms with Crippen molar-refractivity contribution in [1.82, 2.24) is 10.2 Å². The standard InChI is InChI=1S/C32H40ClN3O4S/c1-6-25(5)34-32(38)29(7-2)35(20-19-26-11-9-8-10-12-26)31(37)22-36(30-21-27(33)16-15-24(30)4)41(39,40)28-17-13-23(3)14-18-28/h8-18,21,25,29H,6-7,19-20,22H2,1-5H3,(H,34,38)/t25-,29-/m1/s1. The number of anilines is 1. The van der Waals surface area contributed by atoms with Gasteiger partial charge in [-0.1, -0.05) is 79.5 Å². The fraction of sp³-hybridized carbons (Fsp3) is 0.375. The number of benzene rings is 3. The molecule has 0 bridgehead atoms. The first kappa shape index (κ1) is 32.2. The van der Waals surface area contributed by atoms with Gasteiger partial charge in [0.25, 0.3) is 10.0 Å². The lowest BCUT2D eigenvalue weighted by atomic mass is 10.1. The number of hydrogen-bond donors (Lipinski definition) is 1. The first-order valence-corrected chi connectivity index (χ1v) is 15.8. The van der Waals surface area contributed by atoms with Gasteiger partial charge in [-0.15, -0.1) is 0 Å². The molecule has 1 N–H and O–H groups in total. The maximum Gasteiger partial charge on any atom is 0.264 e. The Morgan fingerprint density at radius 2 is 1.59 bits per heavy atom. The van der Waals surface area contributed by atoms with Crippen LogP contribution >= 0.6 is 11.6 Å². The van der Waals surface area contributed by atoms with Gasteiger partial charge in [0, 0.05) is 17.6 Å². The van der Waals surface area contributed by atoms with Crippen molar-refractivity contribution in [2.75, 3.05) is 17.4 Å². The summed E-state index contributed by atoms with van der Waals surface area (Å²) in [5.74, 6) is -0.725. The van der Waals surface area contributed by atoms with Crippen LogP contribution < -0.4 is 9.62 Å². The van der Waals surface area contributed by atoms with Crippen LogP contribution in [0.4, 0.5) is 5.69 Å². The van der Waals surface area contributed by atoms with Gasteiger partial charge in [-0.05, 0) is 75.4 Å². The van der Waals surface area contributed by atoms with Crippen LogP contribution in [-0.4, -0.2) is 50.3 Å². The number of nitrogens with zero attached hydrogens (tertiary/aromatic N) is 2. The van der Waals surface area contributed by atoms with Gasteiger partial charge in [0.2, 0.25) is 11.8 Å². The second kappa shape index (κ2) is 14.5. The molecule has 0 fully saturated rings. The molecule has 7 nitrogen and oxygen atoms in total. The first-order valence-electron chi connectivity index (χ1n) is 14.0. The van der Waals surface area contributed by atoms with E-state index in [1.54, 1.807) is 37.3 Å². The van der Waals surface area contributed by atoms with Crippen molar-refractivity contribution in [3.05, 3.63) is 94.5 Å². The van der Waals surface area contributed by atoms with Gasteiger partial charge in [0.1, 0.15) is 12.6 Å². The van der Waals surface area contributed by atoms with Gasteiger partial charge in [0.05, 0.1) is 10.6 Å². The Morgan fingerprint density at radius 3 is 2.20 bits per heavy atom. The summed E-state index contributed by atoms with van der Waals surface area (Å²) in [5.41, 5.74) is 2.88. The van der Waals surface area contributed by atoms with E-state index in [9.17, 15) is 18.0 Å². The van der Waals surface area contributed by atoms with Gasteiger partial charge in [0.15, 0.2) is 0 Å². The van der Waals surface area contributed by atoms with E-state index >= 15 is 0 Å². The van der Waals surface area contributed by atoms with E-state index in [0.29, 0.717) is 29.1 Å². The van der Waals surface area contributed by atoms with E-state index < -0.39 is 28.5 Å². The van der Waals surface area contributed by atoms with Crippen molar-refractivity contribution >= 4 is 39.1 Å². The van der Waals surface area contributed by atoms with Gasteiger partial charge < -0.3 is 10.2 Å². The third-order valence-electron chi connectivity index (χ3n) is 7.20. The van der Waals surface area contributed by atoms with Gasteiger partial charge >= 0.3 is 0 Å². The number of carbonyl (C=O) groups excluding carboxylic acids is 2. The zero-order chi connectivity index (χ0) is 30.2. The molecule has 9 heteroatoms. The molecule has 0 saturated heterocycles. The molecule has 3 aromatic rings. The summed E-state index contributed by atoms with van der Waals surface area (Å²) in [5, 5.41) is 3.34. The van der Waals surface area contributed by atoms with Crippen LogP contribution in [0.15, 0.2) is 77.7 Å². The molecule has 0 heterocycles. The highest BCUT2D eigenvalue weighted by molar-refractivity contribution is 7.92. The number of amides is 2. The lowest BCUT2D eigenvalue weighted by Gasteiger charge is -2.34. The zero-order valence-corrected chi connectivity index (χ0v) is 26.0. The summed E-state index contributed by atoms with van der Waals surface area (Å²) in [4.78, 5) is 29.1. The Hall–Kier alpha value is -3.36. The van der Waals surface area contributed by atoms with Crippen LogP contribution in [0.25, 0.3) is 0 Å². The van der Waals surface area contributed by atoms with E-state index in [-0.39, 0.29) is 23.4 Å². The number of halogens is 1. The van der Waals surface area contributed by atoms with Crippen LogP contribution in [-0.2, 0) is 26.0 Å². The van der Waals surface area contributed by atoms with Crippen LogP contribution in [0.1, 0.15) is 50.3 Å². The van der Waals surface area contributed by atoms with E-state index in [1.165, 1.54) is 17.0 Å². The van der Waals surface area contributed by atoms with Gasteiger partial charge in [-0.25, -0.2) is 8.42 Å². The highest BCUT2D eigenvalue weighted by Crippen LogP contribution is 2.30. The molecule has 220 valence electrons. The summed E-state index contributed by atoms with van der Waals surface area (Å²) < 4.78 is 29.2. The molecule has 3 aromatic carbocycles. The van der Waals surface area contributed by atoms with Crippen molar-refractivity contribution < 1.29 is 18.0 Å². The fourth-order valence-electron chi connectivity index (χ4n) is 4.54. The van der Waals surface area contributed by atoms with E-state index in [1.807, 2.05) is 58.0 Å². The maximum absolute atomic E-state index is 14.1. The molecule has 3 rings (SSSR count). The minimum absolute atomic E-state index is 0.0600. The highest BCUT2D eigenvalue weighted by atomic mass is 35.5. The molecule has 0 spiro atoms. The van der Waals surface area contributed by atoms with Crippen molar-refractivity contribution in [3.63, 3.8) is 0 Å². The molecular formula is C32H40ClN3O4S. The topological polar surface area (TPSA) is 86.8 Å². The Labute approximate surface area is 249 Å². The normalized spacial score (nSPS) is 12.8. The third kappa shape index (κ3) is 8.33. The van der Waals surface area contributed by atoms with E-state index in [4.69, 9.17) is 11.6 Å². The average molecular weight is 598 g/mol. The number of rotatable bonds is 13. The summed E-state index contributed by atoms with van der Waals surface area (Å²) in [6, 6.07) is 20.3. The molecule has 0 aliphatic carbocycles. The minimum atomic E-state index is -4.15. The van der Waals surface area contributed by atoms with E-state index in [2.05, 4.69) is 5.32 Å². The number of sulfonamides is 1. The molecular weight excluding hydrogens is 558 g/mol. The molecule has 0 unspecified atom stereocenters. The quantitative estimate of drug-likeness (QED) is 0.265. The monoisotopic (exact) mass is 597 g/mol. The third-order valence-corrected chi connectivity index (χ3v) is 9.21. The predicted molar refractivity (Wildman–Crippen MR) is 166 cm³/mol. The van der Waals surface area contributed by atoms with Crippen LogP contribution in [0, 0.1) is 13.8 Å². The van der Waals surface area contributed by atoms with Crippen molar-refractivity contribution in [2.24, 2.45) is 0 Å². The number of nitrogens with one attached hydrogen (secondary N) is 1. The zero-order valence-electron chi connectivity index (χ0n) is 24.4. The largest absolute Gasteiger partial charge is 0.352 e. The fourth-order valence-corrected chi connectivity index (χ4v) is 6.18. The molecule has 41 heavy (non-hydrogen) atoms. The second-order valence-electron chi connectivity index (χ2n) is 10.3. The molecule has 2 atom stereocenters. The summed E-state index contributed by atoms with van der Waals surface area (Å²) in [7, 11) is -4.15. The molecule has 2 amide bonds. The molecule has 0 aliphatic heterocycles. The number of aryl methyl sites for hydroxylation is 2. The predicted octanol–water partition coefficient (Wildman–Crippen LogP) is 5.92. The lowest BCUT2D eigenvalue weighted by Crippen LogP contribution is -2.54. The molecule has 0 aromatic heterocycles. The van der Waals surface area contributed by atoms with E-state index in [0.717, 1.165) is 21.9 Å². The molecule has 0 aliphatic rings. The SMILES string of the molecule is CC[C@@H](C)NC(=O)[C@@H](CC)N(CCc1ccccc1)C(=O)CN(c1cc(Cl)ccc1C)S(=O)(=O)c1ccc(C)cc1. The Bertz CT molecular complexity index is 1430. The van der Waals surface area contributed by atoms with Crippen molar-refractivity contribution in [1.29, 1.82) is 0 Å². The summed E-state index contributed by atoms with van der Waals surface area (Å²) >= 11 is 6.30. The molecule has 0 radical (unpaired) electrons. The average Bonchev–Trinajstić information content (AvgIpc) is 2.95. The lowest BCUT2D eigenvalue weighted by molar-refractivity contribution is -0.139. The highest BCUT2D eigenvalue weighted by Gasteiger charge is 2.34. The maximum atomic E-state index is 14.1. The van der Waals surface area contributed by atoms with Crippen molar-refractivity contribution in [2.45, 2.75) is 70.9 Å². The Balaban J connectivity index is 2.05. The van der Waals surface area contributed by atoms with Crippen LogP contribution in [0.5, 0.6) is 0 Å². The Morgan fingerprint density at radius 1 is 0.927 bits per heavy atom. The van der Waals surface area contributed by atoms with Crippen LogP contribution in [0.3, 0.4) is 0 Å².